The number of ether oxygens (including phenoxy) is 3. The van der Waals surface area contributed by atoms with Gasteiger partial charge in [0.25, 0.3) is 0 Å². The summed E-state index contributed by atoms with van der Waals surface area (Å²) in [5, 5.41) is 0. The van der Waals surface area contributed by atoms with Crippen molar-refractivity contribution in [1.82, 2.24) is 0 Å². The van der Waals surface area contributed by atoms with E-state index in [1.54, 1.807) is 0 Å². The molecule has 386 valence electrons. The number of esters is 3. The average Bonchev–Trinajstić information content (AvgIpc) is 3.31. The molecule has 66 heavy (non-hydrogen) atoms. The van der Waals surface area contributed by atoms with Gasteiger partial charge in [-0.05, 0) is 51.4 Å². The summed E-state index contributed by atoms with van der Waals surface area (Å²) in [5.74, 6) is -0.877. The smallest absolute Gasteiger partial charge is 0.306 e. The first-order valence-electron chi connectivity index (χ1n) is 29.0. The molecule has 0 bridgehead atoms. The van der Waals surface area contributed by atoms with Gasteiger partial charge in [-0.15, -0.1) is 0 Å². The Hall–Kier alpha value is -2.37. The molecule has 0 aliphatic carbocycles. The van der Waals surface area contributed by atoms with Gasteiger partial charge in [-0.2, -0.15) is 0 Å². The molecule has 0 spiro atoms. The van der Waals surface area contributed by atoms with Crippen molar-refractivity contribution in [1.29, 1.82) is 0 Å². The maximum atomic E-state index is 12.9. The van der Waals surface area contributed by atoms with Crippen LogP contribution in [0.1, 0.15) is 310 Å². The molecule has 0 saturated carbocycles. The van der Waals surface area contributed by atoms with E-state index in [2.05, 4.69) is 57.2 Å². The Labute approximate surface area is 410 Å². The number of carbonyl (C=O) groups is 3. The second kappa shape index (κ2) is 55.2. The van der Waals surface area contributed by atoms with Gasteiger partial charge in [-0.1, -0.05) is 276 Å². The summed E-state index contributed by atoms with van der Waals surface area (Å²) in [4.78, 5) is 38.1. The second-order valence-corrected chi connectivity index (χ2v) is 19.5. The van der Waals surface area contributed by atoms with E-state index >= 15 is 0 Å². The van der Waals surface area contributed by atoms with Crippen LogP contribution >= 0.6 is 0 Å². The summed E-state index contributed by atoms with van der Waals surface area (Å²) >= 11 is 0. The van der Waals surface area contributed by atoms with Crippen LogP contribution in [0.5, 0.6) is 0 Å². The Kier molecular flexibility index (Phi) is 53.2. The monoisotopic (exact) mass is 927 g/mol. The average molecular weight is 928 g/mol. The van der Waals surface area contributed by atoms with Crippen LogP contribution < -0.4 is 0 Å². The Balaban J connectivity index is 4.34. The molecule has 0 rings (SSSR count). The minimum Gasteiger partial charge on any atom is -0.462 e. The zero-order valence-corrected chi connectivity index (χ0v) is 44.2. The fourth-order valence-corrected chi connectivity index (χ4v) is 8.58. The van der Waals surface area contributed by atoms with Gasteiger partial charge in [0.1, 0.15) is 13.2 Å². The van der Waals surface area contributed by atoms with Crippen LogP contribution in [0.2, 0.25) is 0 Å². The molecule has 0 radical (unpaired) electrons. The van der Waals surface area contributed by atoms with E-state index in [1.165, 1.54) is 180 Å². The fourth-order valence-electron chi connectivity index (χ4n) is 8.58. The van der Waals surface area contributed by atoms with E-state index < -0.39 is 6.10 Å². The van der Waals surface area contributed by atoms with Gasteiger partial charge in [0.05, 0.1) is 0 Å². The first-order valence-corrected chi connectivity index (χ1v) is 29.0. The summed E-state index contributed by atoms with van der Waals surface area (Å²) in [6.07, 6.45) is 65.6. The first kappa shape index (κ1) is 63.6. The number of hydrogen-bond acceptors (Lipinski definition) is 6. The molecule has 1 unspecified atom stereocenters. The molecule has 0 fully saturated rings. The third-order valence-corrected chi connectivity index (χ3v) is 12.9. The number of rotatable bonds is 53. The van der Waals surface area contributed by atoms with Crippen molar-refractivity contribution in [3.63, 3.8) is 0 Å². The van der Waals surface area contributed by atoms with Crippen molar-refractivity contribution in [3.05, 3.63) is 36.5 Å². The quantitative estimate of drug-likeness (QED) is 0.0262. The largest absolute Gasteiger partial charge is 0.462 e. The maximum Gasteiger partial charge on any atom is 0.306 e. The first-order chi connectivity index (χ1) is 32.5. The minimum absolute atomic E-state index is 0.0743. The zero-order valence-electron chi connectivity index (χ0n) is 44.2. The third-order valence-electron chi connectivity index (χ3n) is 12.9. The lowest BCUT2D eigenvalue weighted by Gasteiger charge is -2.18. The third kappa shape index (κ3) is 52.6. The van der Waals surface area contributed by atoms with Gasteiger partial charge in [0.2, 0.25) is 0 Å². The number of hydrogen-bond donors (Lipinski definition) is 0. The zero-order chi connectivity index (χ0) is 47.9. The Morgan fingerprint density at radius 3 is 0.924 bits per heavy atom. The highest BCUT2D eigenvalue weighted by Crippen LogP contribution is 2.17. The number of carbonyl (C=O) groups excluding carboxylic acids is 3. The predicted molar refractivity (Wildman–Crippen MR) is 284 cm³/mol. The summed E-state index contributed by atoms with van der Waals surface area (Å²) in [7, 11) is 0. The van der Waals surface area contributed by atoms with Crippen LogP contribution in [0.15, 0.2) is 36.5 Å². The van der Waals surface area contributed by atoms with Crippen molar-refractivity contribution in [3.8, 4) is 0 Å². The van der Waals surface area contributed by atoms with Crippen LogP contribution in [-0.2, 0) is 28.6 Å². The number of allylic oxidation sites excluding steroid dienone is 6. The lowest BCUT2D eigenvalue weighted by atomic mass is 10.0. The lowest BCUT2D eigenvalue weighted by Crippen LogP contribution is -2.30. The molecule has 0 aliphatic rings. The van der Waals surface area contributed by atoms with Crippen LogP contribution in [-0.4, -0.2) is 37.2 Å². The van der Waals surface area contributed by atoms with E-state index in [9.17, 15) is 14.4 Å². The van der Waals surface area contributed by atoms with E-state index in [0.29, 0.717) is 19.3 Å². The van der Waals surface area contributed by atoms with Gasteiger partial charge in [0.15, 0.2) is 6.10 Å². The Morgan fingerprint density at radius 1 is 0.318 bits per heavy atom. The van der Waals surface area contributed by atoms with Crippen LogP contribution in [0, 0.1) is 0 Å². The summed E-state index contributed by atoms with van der Waals surface area (Å²) in [5.41, 5.74) is 0. The molecule has 0 amide bonds. The SMILES string of the molecule is CC/C=C\C/C=C\C/C=C\CCCCCCC(=O)OCC(COC(=O)CCCCCCCCCCCCCCCCCCC)OC(=O)CCCCCCCCCCCCCCCCCCC. The van der Waals surface area contributed by atoms with Gasteiger partial charge >= 0.3 is 17.9 Å². The molecule has 0 aliphatic heterocycles. The highest BCUT2D eigenvalue weighted by Gasteiger charge is 2.19. The molecule has 6 nitrogen and oxygen atoms in total. The minimum atomic E-state index is -0.777. The van der Waals surface area contributed by atoms with E-state index in [-0.39, 0.29) is 31.1 Å². The molecule has 0 N–H and O–H groups in total. The lowest BCUT2D eigenvalue weighted by molar-refractivity contribution is -0.167. The molecule has 0 aromatic heterocycles. The highest BCUT2D eigenvalue weighted by molar-refractivity contribution is 5.71. The molecular weight excluding hydrogens is 817 g/mol. The van der Waals surface area contributed by atoms with Crippen molar-refractivity contribution < 1.29 is 28.6 Å². The predicted octanol–water partition coefficient (Wildman–Crippen LogP) is 19.3. The summed E-state index contributed by atoms with van der Waals surface area (Å²) < 4.78 is 16.9. The van der Waals surface area contributed by atoms with Gasteiger partial charge in [-0.25, -0.2) is 0 Å². The molecule has 6 heteroatoms. The normalized spacial score (nSPS) is 12.2. The van der Waals surface area contributed by atoms with Crippen molar-refractivity contribution >= 4 is 17.9 Å². The van der Waals surface area contributed by atoms with Crippen LogP contribution in [0.3, 0.4) is 0 Å². The molecule has 0 heterocycles. The molecule has 0 saturated heterocycles. The summed E-state index contributed by atoms with van der Waals surface area (Å²) in [6, 6.07) is 0. The van der Waals surface area contributed by atoms with Crippen LogP contribution in [0.25, 0.3) is 0 Å². The van der Waals surface area contributed by atoms with Gasteiger partial charge in [0, 0.05) is 19.3 Å². The van der Waals surface area contributed by atoms with Gasteiger partial charge in [-0.3, -0.25) is 14.4 Å². The molecule has 0 aromatic carbocycles. The van der Waals surface area contributed by atoms with Crippen molar-refractivity contribution in [2.45, 2.75) is 316 Å². The number of unbranched alkanes of at least 4 members (excludes halogenated alkanes) is 36. The van der Waals surface area contributed by atoms with E-state index in [4.69, 9.17) is 14.2 Å². The Bertz CT molecular complexity index is 1110. The highest BCUT2D eigenvalue weighted by atomic mass is 16.6. The fraction of sp³-hybridized carbons (Fsp3) is 0.850. The molecule has 1 atom stereocenters. The van der Waals surface area contributed by atoms with Gasteiger partial charge < -0.3 is 14.2 Å². The van der Waals surface area contributed by atoms with Crippen LogP contribution in [0.4, 0.5) is 0 Å². The molecule has 0 aromatic rings. The maximum absolute atomic E-state index is 12.9. The van der Waals surface area contributed by atoms with Crippen molar-refractivity contribution in [2.75, 3.05) is 13.2 Å². The standard InChI is InChI=1S/C60H110O6/c1-4-7-10-13-16-19-22-25-28-30-32-35-38-41-44-47-50-53-59(62)65-56-57(55-64-58(61)52-49-46-43-40-37-34-27-24-21-18-15-12-9-6-3)66-60(63)54-51-48-45-42-39-36-33-31-29-26-23-20-17-14-11-8-5-2/h9,12,18,21,27,34,57H,4-8,10-11,13-17,19-20,22-26,28-33,35-56H2,1-3H3/b12-9-,21-18-,34-27-. The topological polar surface area (TPSA) is 78.9 Å². The second-order valence-electron chi connectivity index (χ2n) is 19.5. The van der Waals surface area contributed by atoms with E-state index in [1.807, 2.05) is 0 Å². The summed E-state index contributed by atoms with van der Waals surface area (Å²) in [6.45, 7) is 6.56. The van der Waals surface area contributed by atoms with Crippen molar-refractivity contribution in [2.24, 2.45) is 0 Å². The Morgan fingerprint density at radius 2 is 0.591 bits per heavy atom. The van der Waals surface area contributed by atoms with E-state index in [0.717, 1.165) is 89.9 Å². The molecular formula is C60H110O6.